The molecular weight excluding hydrogens is 336 g/mol. The van der Waals surface area contributed by atoms with Crippen molar-refractivity contribution in [2.24, 2.45) is 17.3 Å². The van der Waals surface area contributed by atoms with Crippen molar-refractivity contribution in [3.05, 3.63) is 29.3 Å². The minimum absolute atomic E-state index is 0.180. The maximum atomic E-state index is 9.78. The van der Waals surface area contributed by atoms with Gasteiger partial charge in [-0.25, -0.2) is 0 Å². The first-order chi connectivity index (χ1) is 13.1. The number of phenols is 1. The number of ether oxygens (including phenoxy) is 2. The first-order valence-corrected chi connectivity index (χ1v) is 11.2. The van der Waals surface area contributed by atoms with Crippen LogP contribution >= 0.6 is 0 Å². The Bertz CT molecular complexity index is 635. The third-order valence-corrected chi connectivity index (χ3v) is 7.51. The summed E-state index contributed by atoms with van der Waals surface area (Å²) in [5.41, 5.74) is 3.05. The molecule has 4 unspecified atom stereocenters. The zero-order valence-electron chi connectivity index (χ0n) is 17.9. The summed E-state index contributed by atoms with van der Waals surface area (Å²) in [7, 11) is 0. The average molecular weight is 375 g/mol. The van der Waals surface area contributed by atoms with Gasteiger partial charge in [-0.1, -0.05) is 40.7 Å². The predicted molar refractivity (Wildman–Crippen MR) is 110 cm³/mol. The van der Waals surface area contributed by atoms with Gasteiger partial charge in [-0.15, -0.1) is 0 Å². The Labute approximate surface area is 165 Å². The van der Waals surface area contributed by atoms with E-state index in [4.69, 9.17) is 9.47 Å². The van der Waals surface area contributed by atoms with Gasteiger partial charge in [0.05, 0.1) is 13.2 Å². The van der Waals surface area contributed by atoms with Crippen LogP contribution in [0.1, 0.15) is 83.8 Å². The van der Waals surface area contributed by atoms with Gasteiger partial charge in [0, 0.05) is 11.8 Å². The van der Waals surface area contributed by atoms with Gasteiger partial charge in [0.25, 0.3) is 0 Å². The number of fused-ring (bicyclic) bond motifs is 6. The van der Waals surface area contributed by atoms with Crippen molar-refractivity contribution < 1.29 is 14.6 Å². The van der Waals surface area contributed by atoms with E-state index in [2.05, 4.69) is 13.0 Å². The third kappa shape index (κ3) is 3.11. The second-order valence-electron chi connectivity index (χ2n) is 8.24. The molecule has 152 valence electrons. The summed E-state index contributed by atoms with van der Waals surface area (Å²) >= 11 is 0. The summed E-state index contributed by atoms with van der Waals surface area (Å²) in [5, 5.41) is 9.78. The molecule has 3 nitrogen and oxygen atoms in total. The van der Waals surface area contributed by atoms with Crippen LogP contribution in [0.15, 0.2) is 18.2 Å². The molecule has 3 fully saturated rings. The van der Waals surface area contributed by atoms with Crippen molar-refractivity contribution in [1.29, 1.82) is 0 Å². The van der Waals surface area contributed by atoms with Gasteiger partial charge in [-0.3, -0.25) is 0 Å². The van der Waals surface area contributed by atoms with Crippen LogP contribution in [0.25, 0.3) is 0 Å². The van der Waals surface area contributed by atoms with Crippen molar-refractivity contribution in [3.8, 4) is 5.75 Å². The van der Waals surface area contributed by atoms with Gasteiger partial charge in [0.15, 0.2) is 5.79 Å². The Hall–Kier alpha value is -1.06. The fraction of sp³-hybridized carbons (Fsp3) is 0.750. The summed E-state index contributed by atoms with van der Waals surface area (Å²) in [6.45, 7) is 12.0. The largest absolute Gasteiger partial charge is 0.508 e. The average Bonchev–Trinajstić information content (AvgIpc) is 3.31. The standard InChI is InChI=1S/C20H26O3.2C2H6/c1-19-8-6-16-15-5-3-14(21)12-13(15)2-4-17(16)18(19)7-9-20(19)22-10-11-23-20;2*1-2/h3,5,12,16-18,21H,2,4,6-11H2,1H3;2*1-2H3. The molecule has 1 heterocycles. The fourth-order valence-electron chi connectivity index (χ4n) is 6.45. The van der Waals surface area contributed by atoms with Crippen LogP contribution in [0.5, 0.6) is 5.75 Å². The van der Waals surface area contributed by atoms with Crippen molar-refractivity contribution in [2.45, 2.75) is 84.8 Å². The first-order valence-electron chi connectivity index (χ1n) is 11.2. The lowest BCUT2D eigenvalue weighted by atomic mass is 9.55. The first kappa shape index (κ1) is 20.7. The summed E-state index contributed by atoms with van der Waals surface area (Å²) in [6.07, 6.45) is 7.08. The van der Waals surface area contributed by atoms with Crippen molar-refractivity contribution in [2.75, 3.05) is 13.2 Å². The second kappa shape index (κ2) is 8.13. The highest BCUT2D eigenvalue weighted by Gasteiger charge is 2.64. The molecule has 1 N–H and O–H groups in total. The Morgan fingerprint density at radius 1 is 0.963 bits per heavy atom. The summed E-state index contributed by atoms with van der Waals surface area (Å²) in [5.74, 6) is 2.24. The Balaban J connectivity index is 0.000000495. The highest BCUT2D eigenvalue weighted by atomic mass is 16.7. The summed E-state index contributed by atoms with van der Waals surface area (Å²) < 4.78 is 12.4. The Kier molecular flexibility index (Phi) is 6.22. The molecule has 3 aliphatic carbocycles. The minimum Gasteiger partial charge on any atom is -0.508 e. The molecule has 27 heavy (non-hydrogen) atoms. The number of benzene rings is 1. The van der Waals surface area contributed by atoms with Gasteiger partial charge >= 0.3 is 0 Å². The van der Waals surface area contributed by atoms with Crippen molar-refractivity contribution in [3.63, 3.8) is 0 Å². The molecule has 3 heteroatoms. The molecule has 2 saturated carbocycles. The van der Waals surface area contributed by atoms with Gasteiger partial charge < -0.3 is 14.6 Å². The molecule has 0 radical (unpaired) electrons. The second-order valence-corrected chi connectivity index (χ2v) is 8.24. The topological polar surface area (TPSA) is 38.7 Å². The fourth-order valence-corrected chi connectivity index (χ4v) is 6.45. The Morgan fingerprint density at radius 3 is 2.37 bits per heavy atom. The van der Waals surface area contributed by atoms with Crippen molar-refractivity contribution in [1.82, 2.24) is 0 Å². The van der Waals surface area contributed by atoms with E-state index in [0.717, 1.165) is 32.0 Å². The lowest BCUT2D eigenvalue weighted by Gasteiger charge is -2.52. The molecule has 0 aromatic heterocycles. The number of hydrogen-bond donors (Lipinski definition) is 1. The van der Waals surface area contributed by atoms with E-state index in [0.29, 0.717) is 17.6 Å². The molecule has 1 aliphatic heterocycles. The number of aryl methyl sites for hydroxylation is 1. The van der Waals surface area contributed by atoms with Crippen LogP contribution in [-0.2, 0) is 15.9 Å². The highest BCUT2D eigenvalue weighted by Crippen LogP contribution is 2.66. The quantitative estimate of drug-likeness (QED) is 0.601. The SMILES string of the molecule is CC.CC.CC12CCC3c4ccc(O)cc4CCC3C1CCC21OCCO1. The van der Waals surface area contributed by atoms with Crippen molar-refractivity contribution >= 4 is 0 Å². The molecule has 4 atom stereocenters. The molecule has 1 aromatic carbocycles. The molecule has 1 spiro atoms. The lowest BCUT2D eigenvalue weighted by Crippen LogP contribution is -2.51. The summed E-state index contributed by atoms with van der Waals surface area (Å²) in [6, 6.07) is 6.03. The van der Waals surface area contributed by atoms with Gasteiger partial charge in [0.1, 0.15) is 5.75 Å². The molecule has 4 aliphatic rings. The molecule has 1 aromatic rings. The van der Waals surface area contributed by atoms with E-state index in [1.807, 2.05) is 39.8 Å². The van der Waals surface area contributed by atoms with E-state index < -0.39 is 0 Å². The van der Waals surface area contributed by atoms with E-state index in [1.165, 1.54) is 36.8 Å². The molecule has 1 saturated heterocycles. The molecule has 5 rings (SSSR count). The van der Waals surface area contributed by atoms with E-state index >= 15 is 0 Å². The lowest BCUT2D eigenvalue weighted by molar-refractivity contribution is -0.237. The van der Waals surface area contributed by atoms with E-state index in [9.17, 15) is 5.11 Å². The van der Waals surface area contributed by atoms with Crippen LogP contribution in [0.2, 0.25) is 0 Å². The van der Waals surface area contributed by atoms with Gasteiger partial charge in [0.2, 0.25) is 0 Å². The van der Waals surface area contributed by atoms with Crippen LogP contribution < -0.4 is 0 Å². The zero-order chi connectivity index (χ0) is 19.7. The molecule has 0 bridgehead atoms. The highest BCUT2D eigenvalue weighted by molar-refractivity contribution is 5.40. The zero-order valence-corrected chi connectivity index (χ0v) is 17.9. The normalized spacial score (nSPS) is 35.1. The minimum atomic E-state index is -0.294. The predicted octanol–water partition coefficient (Wildman–Crippen LogP) is 6.04. The van der Waals surface area contributed by atoms with Crippen LogP contribution in [-0.4, -0.2) is 24.1 Å². The van der Waals surface area contributed by atoms with Crippen LogP contribution in [0.3, 0.4) is 0 Å². The number of hydrogen-bond acceptors (Lipinski definition) is 3. The van der Waals surface area contributed by atoms with Crippen LogP contribution in [0.4, 0.5) is 0 Å². The molecule has 0 amide bonds. The Morgan fingerprint density at radius 2 is 1.67 bits per heavy atom. The maximum Gasteiger partial charge on any atom is 0.174 e. The smallest absolute Gasteiger partial charge is 0.174 e. The monoisotopic (exact) mass is 374 g/mol. The van der Waals surface area contributed by atoms with Gasteiger partial charge in [-0.2, -0.15) is 0 Å². The maximum absolute atomic E-state index is 9.78. The number of aromatic hydroxyl groups is 1. The van der Waals surface area contributed by atoms with Crippen LogP contribution in [0, 0.1) is 17.3 Å². The molecular formula is C24H38O3. The third-order valence-electron chi connectivity index (χ3n) is 7.51. The van der Waals surface area contributed by atoms with E-state index in [1.54, 1.807) is 0 Å². The van der Waals surface area contributed by atoms with Gasteiger partial charge in [-0.05, 0) is 73.1 Å². The number of rotatable bonds is 0. The van der Waals surface area contributed by atoms with E-state index in [-0.39, 0.29) is 11.2 Å². The summed E-state index contributed by atoms with van der Waals surface area (Å²) in [4.78, 5) is 0. The number of phenolic OH excluding ortho intramolecular Hbond substituents is 1.